The van der Waals surface area contributed by atoms with Crippen LogP contribution in [0.15, 0.2) is 162 Å². The summed E-state index contributed by atoms with van der Waals surface area (Å²) in [6.45, 7) is 2.35. The summed E-state index contributed by atoms with van der Waals surface area (Å²) in [4.78, 5) is 2.49. The van der Waals surface area contributed by atoms with E-state index >= 15 is 0 Å². The Hall–Kier alpha value is -5.80. The highest BCUT2D eigenvalue weighted by molar-refractivity contribution is 6.12. The van der Waals surface area contributed by atoms with Crippen LogP contribution in [0.1, 0.15) is 12.5 Å². The number of hydrogen-bond acceptors (Lipinski definition) is 2. The molecule has 0 bridgehead atoms. The Morgan fingerprint density at radius 1 is 0.565 bits per heavy atom. The molecule has 0 saturated heterocycles. The summed E-state index contributed by atoms with van der Waals surface area (Å²) in [6, 6.07) is 48.5. The number of furan rings is 1. The normalized spacial score (nSPS) is 18.6. The van der Waals surface area contributed by atoms with E-state index in [2.05, 4.69) is 174 Å². The Labute approximate surface area is 266 Å². The molecule has 8 aromatic rings. The molecule has 218 valence electrons. The van der Waals surface area contributed by atoms with Gasteiger partial charge in [0.05, 0.1) is 17.1 Å². The largest absolute Gasteiger partial charge is 0.456 e. The molecule has 1 aliphatic heterocycles. The van der Waals surface area contributed by atoms with E-state index in [9.17, 15) is 0 Å². The number of allylic oxidation sites excluding steroid dienone is 2. The Morgan fingerprint density at radius 3 is 2.15 bits per heavy atom. The summed E-state index contributed by atoms with van der Waals surface area (Å²) >= 11 is 0. The first-order chi connectivity index (χ1) is 22.7. The van der Waals surface area contributed by atoms with Crippen LogP contribution in [0.25, 0.3) is 60.6 Å². The number of fused-ring (bicyclic) bond motifs is 9. The van der Waals surface area contributed by atoms with E-state index in [1.165, 1.54) is 49.9 Å². The zero-order valence-electron chi connectivity index (χ0n) is 25.4. The second kappa shape index (κ2) is 9.35. The molecule has 0 saturated carbocycles. The van der Waals surface area contributed by atoms with Gasteiger partial charge in [0.15, 0.2) is 0 Å². The van der Waals surface area contributed by atoms with Crippen molar-refractivity contribution in [2.45, 2.75) is 18.4 Å². The zero-order valence-corrected chi connectivity index (χ0v) is 25.4. The monoisotopic (exact) mass is 590 g/mol. The van der Waals surface area contributed by atoms with Crippen LogP contribution in [-0.2, 0) is 5.41 Å². The minimum Gasteiger partial charge on any atom is -0.456 e. The van der Waals surface area contributed by atoms with Crippen LogP contribution in [0.5, 0.6) is 0 Å². The van der Waals surface area contributed by atoms with Gasteiger partial charge in [-0.25, -0.2) is 0 Å². The SMILES string of the molecule is CC12C=CC=CC1N(c1ccc3oc4ccc(-n5c6ccccc6c6cc(-c7ccccc7)ccc65)cc4c3c1)c1ccccc12. The second-order valence-corrected chi connectivity index (χ2v) is 12.8. The van der Waals surface area contributed by atoms with E-state index in [-0.39, 0.29) is 11.5 Å². The number of hydrogen-bond donors (Lipinski definition) is 0. The number of aromatic nitrogens is 1. The summed E-state index contributed by atoms with van der Waals surface area (Å²) in [5.74, 6) is 0. The average molecular weight is 591 g/mol. The first-order valence-corrected chi connectivity index (χ1v) is 16.0. The fraction of sp³-hybridized carbons (Fsp3) is 0.0698. The lowest BCUT2D eigenvalue weighted by Gasteiger charge is -2.34. The Morgan fingerprint density at radius 2 is 1.28 bits per heavy atom. The Kier molecular flexibility index (Phi) is 5.19. The van der Waals surface area contributed by atoms with E-state index in [1.54, 1.807) is 0 Å². The van der Waals surface area contributed by atoms with Gasteiger partial charge in [0.25, 0.3) is 0 Å². The van der Waals surface area contributed by atoms with Crippen molar-refractivity contribution in [1.29, 1.82) is 0 Å². The van der Waals surface area contributed by atoms with Crippen molar-refractivity contribution in [3.05, 3.63) is 163 Å². The highest BCUT2D eigenvalue weighted by atomic mass is 16.3. The van der Waals surface area contributed by atoms with E-state index in [0.29, 0.717) is 0 Å². The van der Waals surface area contributed by atoms with Crippen LogP contribution in [0.3, 0.4) is 0 Å². The van der Waals surface area contributed by atoms with E-state index < -0.39 is 0 Å². The number of benzene rings is 6. The maximum Gasteiger partial charge on any atom is 0.135 e. The second-order valence-electron chi connectivity index (χ2n) is 12.8. The lowest BCUT2D eigenvalue weighted by Crippen LogP contribution is -2.39. The summed E-state index contributed by atoms with van der Waals surface area (Å²) in [7, 11) is 0. The van der Waals surface area contributed by atoms with Crippen LogP contribution in [0, 0.1) is 0 Å². The van der Waals surface area contributed by atoms with Crippen molar-refractivity contribution < 1.29 is 4.42 Å². The molecule has 2 aliphatic rings. The summed E-state index contributed by atoms with van der Waals surface area (Å²) in [6.07, 6.45) is 9.05. The third kappa shape index (κ3) is 3.48. The molecule has 3 nitrogen and oxygen atoms in total. The quantitative estimate of drug-likeness (QED) is 0.204. The third-order valence-electron chi connectivity index (χ3n) is 10.2. The van der Waals surface area contributed by atoms with Crippen molar-refractivity contribution in [1.82, 2.24) is 4.57 Å². The van der Waals surface area contributed by atoms with Crippen LogP contribution < -0.4 is 4.90 Å². The van der Waals surface area contributed by atoms with Gasteiger partial charge in [0.1, 0.15) is 11.2 Å². The van der Waals surface area contributed by atoms with Gasteiger partial charge >= 0.3 is 0 Å². The van der Waals surface area contributed by atoms with Crippen molar-refractivity contribution in [2.75, 3.05) is 4.90 Å². The first-order valence-electron chi connectivity index (χ1n) is 16.0. The van der Waals surface area contributed by atoms with Gasteiger partial charge in [0.2, 0.25) is 0 Å². The van der Waals surface area contributed by atoms with E-state index in [0.717, 1.165) is 27.6 Å². The van der Waals surface area contributed by atoms with Crippen LogP contribution >= 0.6 is 0 Å². The molecular weight excluding hydrogens is 560 g/mol. The number of para-hydroxylation sites is 2. The Balaban J connectivity index is 1.16. The maximum atomic E-state index is 6.43. The molecule has 0 spiro atoms. The average Bonchev–Trinajstić information content (AvgIpc) is 3.73. The molecule has 2 unspecified atom stereocenters. The molecule has 0 amide bonds. The van der Waals surface area contributed by atoms with Gasteiger partial charge in [-0.15, -0.1) is 0 Å². The van der Waals surface area contributed by atoms with Crippen molar-refractivity contribution in [3.8, 4) is 16.8 Å². The summed E-state index contributed by atoms with van der Waals surface area (Å²) < 4.78 is 8.82. The van der Waals surface area contributed by atoms with Gasteiger partial charge in [-0.2, -0.15) is 0 Å². The smallest absolute Gasteiger partial charge is 0.135 e. The van der Waals surface area contributed by atoms with Crippen LogP contribution in [0.4, 0.5) is 11.4 Å². The van der Waals surface area contributed by atoms with Crippen molar-refractivity contribution in [2.24, 2.45) is 0 Å². The van der Waals surface area contributed by atoms with Gasteiger partial charge in [0, 0.05) is 44.0 Å². The van der Waals surface area contributed by atoms with Gasteiger partial charge in [-0.3, -0.25) is 0 Å². The van der Waals surface area contributed by atoms with E-state index in [4.69, 9.17) is 4.42 Å². The topological polar surface area (TPSA) is 21.3 Å². The molecular formula is C43H30N2O. The lowest BCUT2D eigenvalue weighted by molar-refractivity contribution is 0.551. The number of nitrogens with zero attached hydrogens (tertiary/aromatic N) is 2. The first kappa shape index (κ1) is 25.5. The molecule has 3 heterocycles. The van der Waals surface area contributed by atoms with Gasteiger partial charge < -0.3 is 13.9 Å². The molecule has 0 N–H and O–H groups in total. The molecule has 2 atom stereocenters. The number of rotatable bonds is 3. The standard InChI is InChI=1S/C43H30N2O/c1-43-24-10-9-17-42(43)45(39-16-8-6-14-36(39)43)31-20-23-41-35(27-31)34-26-30(19-22-40(34)46-41)44-37-15-7-5-13-32(37)33-25-29(18-21-38(33)44)28-11-3-2-4-12-28/h2-27,42H,1H3. The highest BCUT2D eigenvalue weighted by Gasteiger charge is 2.46. The lowest BCUT2D eigenvalue weighted by atomic mass is 9.76. The molecule has 2 aromatic heterocycles. The van der Waals surface area contributed by atoms with E-state index in [1.807, 2.05) is 0 Å². The summed E-state index contributed by atoms with van der Waals surface area (Å²) in [5.41, 5.74) is 11.5. The Bertz CT molecular complexity index is 2570. The third-order valence-corrected chi connectivity index (χ3v) is 10.2. The highest BCUT2D eigenvalue weighted by Crippen LogP contribution is 2.51. The fourth-order valence-corrected chi connectivity index (χ4v) is 8.02. The van der Waals surface area contributed by atoms with Gasteiger partial charge in [-0.05, 0) is 84.3 Å². The molecule has 1 aliphatic carbocycles. The number of anilines is 2. The molecule has 0 fully saturated rings. The predicted molar refractivity (Wildman–Crippen MR) is 191 cm³/mol. The molecule has 10 rings (SSSR count). The van der Waals surface area contributed by atoms with Crippen LogP contribution in [-0.4, -0.2) is 10.6 Å². The minimum absolute atomic E-state index is 0.0805. The zero-order chi connectivity index (χ0) is 30.4. The molecule has 3 heteroatoms. The maximum absolute atomic E-state index is 6.43. The van der Waals surface area contributed by atoms with Gasteiger partial charge in [-0.1, -0.05) is 97.1 Å². The predicted octanol–water partition coefficient (Wildman–Crippen LogP) is 11.3. The van der Waals surface area contributed by atoms with Crippen LogP contribution in [0.2, 0.25) is 0 Å². The van der Waals surface area contributed by atoms with Crippen molar-refractivity contribution in [3.63, 3.8) is 0 Å². The molecule has 46 heavy (non-hydrogen) atoms. The molecule has 0 radical (unpaired) electrons. The minimum atomic E-state index is -0.0805. The van der Waals surface area contributed by atoms with Crippen molar-refractivity contribution >= 4 is 55.1 Å². The molecule has 6 aromatic carbocycles. The fourth-order valence-electron chi connectivity index (χ4n) is 8.02. The summed E-state index contributed by atoms with van der Waals surface area (Å²) in [5, 5.41) is 4.75.